The highest BCUT2D eigenvalue weighted by Gasteiger charge is 2.33. The van der Waals surface area contributed by atoms with E-state index >= 15 is 0 Å². The van der Waals surface area contributed by atoms with Gasteiger partial charge >= 0.3 is 6.01 Å². The molecular formula is C31H36N8O2. The number of amides is 1. The molecule has 6 rings (SSSR count). The Morgan fingerprint density at radius 2 is 2.02 bits per heavy atom. The quantitative estimate of drug-likeness (QED) is 0.409. The van der Waals surface area contributed by atoms with Crippen LogP contribution in [0.1, 0.15) is 30.5 Å². The zero-order valence-corrected chi connectivity index (χ0v) is 23.6. The number of fused-ring (bicyclic) bond motifs is 2. The van der Waals surface area contributed by atoms with Crippen molar-refractivity contribution < 1.29 is 9.53 Å². The third-order valence-electron chi connectivity index (χ3n) is 8.63. The van der Waals surface area contributed by atoms with Gasteiger partial charge in [0.2, 0.25) is 5.91 Å². The van der Waals surface area contributed by atoms with Crippen molar-refractivity contribution in [3.63, 3.8) is 0 Å². The van der Waals surface area contributed by atoms with Crippen molar-refractivity contribution in [1.82, 2.24) is 24.8 Å². The molecule has 1 aromatic carbocycles. The van der Waals surface area contributed by atoms with E-state index in [9.17, 15) is 10.1 Å². The van der Waals surface area contributed by atoms with E-state index in [0.717, 1.165) is 59.6 Å². The summed E-state index contributed by atoms with van der Waals surface area (Å²) < 4.78 is 6.27. The van der Waals surface area contributed by atoms with Gasteiger partial charge in [-0.3, -0.25) is 9.78 Å². The Kier molecular flexibility index (Phi) is 7.70. The Balaban J connectivity index is 1.33. The van der Waals surface area contributed by atoms with Gasteiger partial charge in [-0.15, -0.1) is 0 Å². The molecule has 0 N–H and O–H groups in total. The number of ether oxygens (including phenoxy) is 1. The van der Waals surface area contributed by atoms with Gasteiger partial charge in [0, 0.05) is 55.1 Å². The molecule has 2 unspecified atom stereocenters. The molecule has 10 nitrogen and oxygen atoms in total. The number of hydrogen-bond donors (Lipinski definition) is 0. The second kappa shape index (κ2) is 11.7. The Hall–Kier alpha value is -4.23. The molecule has 1 amide bonds. The van der Waals surface area contributed by atoms with E-state index < -0.39 is 0 Å². The summed E-state index contributed by atoms with van der Waals surface area (Å²) in [6.45, 7) is 8.38. The SMILES string of the molecule is C=CC(=O)N1CCN(c2nc(OCC3CCCN3C)nc3c2CCN(c2ccnc4ccccc24)C3)CC1CC#N. The van der Waals surface area contributed by atoms with E-state index in [2.05, 4.69) is 51.5 Å². The number of hydrogen-bond acceptors (Lipinski definition) is 9. The van der Waals surface area contributed by atoms with Crippen LogP contribution in [-0.4, -0.2) is 89.1 Å². The Morgan fingerprint density at radius 1 is 1.15 bits per heavy atom. The minimum Gasteiger partial charge on any atom is -0.462 e. The number of rotatable bonds is 7. The first-order chi connectivity index (χ1) is 20.1. The summed E-state index contributed by atoms with van der Waals surface area (Å²) in [6, 6.07) is 13.1. The number of aromatic nitrogens is 3. The molecule has 5 heterocycles. The van der Waals surface area contributed by atoms with Gasteiger partial charge in [0.1, 0.15) is 12.4 Å². The normalized spacial score (nSPS) is 21.0. The molecule has 2 fully saturated rings. The number of carbonyl (C=O) groups excluding carboxylic acids is 1. The summed E-state index contributed by atoms with van der Waals surface area (Å²) >= 11 is 0. The van der Waals surface area contributed by atoms with Crippen LogP contribution in [0.5, 0.6) is 6.01 Å². The van der Waals surface area contributed by atoms with E-state index in [1.165, 1.54) is 12.5 Å². The number of likely N-dealkylation sites (tertiary alicyclic amines) is 1. The highest BCUT2D eigenvalue weighted by Crippen LogP contribution is 2.34. The fraction of sp³-hybridized carbons (Fsp3) is 0.452. The lowest BCUT2D eigenvalue weighted by Gasteiger charge is -2.42. The number of likely N-dealkylation sites (N-methyl/N-ethyl adjacent to an activating group) is 1. The first-order valence-corrected chi connectivity index (χ1v) is 14.4. The standard InChI is InChI=1S/C31H36N8O2/c1-3-29(40)39-18-17-38(19-22(39)10-13-32)30-25-12-16-37(28-11-14-33-26-9-5-4-8-24(26)28)20-27(25)34-31(35-30)41-21-23-7-6-15-36(23)2/h3-5,8-9,11,14,22-23H,1,6-7,10,12,15-21H2,2H3. The van der Waals surface area contributed by atoms with Gasteiger partial charge < -0.3 is 24.3 Å². The first-order valence-electron chi connectivity index (χ1n) is 14.4. The van der Waals surface area contributed by atoms with E-state index in [0.29, 0.717) is 44.8 Å². The van der Waals surface area contributed by atoms with Gasteiger partial charge in [0.05, 0.1) is 36.3 Å². The lowest BCUT2D eigenvalue weighted by atomic mass is 10.0. The smallest absolute Gasteiger partial charge is 0.318 e. The average molecular weight is 553 g/mol. The van der Waals surface area contributed by atoms with Crippen LogP contribution in [-0.2, 0) is 17.8 Å². The van der Waals surface area contributed by atoms with E-state index in [1.54, 1.807) is 4.90 Å². The molecule has 0 saturated carbocycles. The zero-order valence-electron chi connectivity index (χ0n) is 23.6. The van der Waals surface area contributed by atoms with Crippen molar-refractivity contribution in [1.29, 1.82) is 5.26 Å². The number of carbonyl (C=O) groups is 1. The van der Waals surface area contributed by atoms with Crippen LogP contribution in [0.3, 0.4) is 0 Å². The topological polar surface area (TPSA) is 102 Å². The maximum absolute atomic E-state index is 12.5. The molecule has 0 bridgehead atoms. The monoisotopic (exact) mass is 552 g/mol. The van der Waals surface area contributed by atoms with Crippen LogP contribution >= 0.6 is 0 Å². The number of nitrogens with zero attached hydrogens (tertiary/aromatic N) is 8. The minimum absolute atomic E-state index is 0.139. The molecule has 3 aliphatic rings. The number of piperazine rings is 1. The van der Waals surface area contributed by atoms with E-state index in [-0.39, 0.29) is 18.4 Å². The van der Waals surface area contributed by atoms with Crippen molar-refractivity contribution in [2.75, 3.05) is 56.2 Å². The fourth-order valence-corrected chi connectivity index (χ4v) is 6.37. The van der Waals surface area contributed by atoms with Gasteiger partial charge in [-0.1, -0.05) is 24.8 Å². The number of anilines is 2. The minimum atomic E-state index is -0.232. The van der Waals surface area contributed by atoms with Gasteiger partial charge in [0.15, 0.2) is 0 Å². The molecule has 2 aromatic heterocycles. The van der Waals surface area contributed by atoms with Crippen molar-refractivity contribution >= 4 is 28.3 Å². The molecule has 2 atom stereocenters. The highest BCUT2D eigenvalue weighted by molar-refractivity contribution is 5.91. The molecule has 10 heteroatoms. The lowest BCUT2D eigenvalue weighted by molar-refractivity contribution is -0.128. The van der Waals surface area contributed by atoms with Gasteiger partial charge in [0.25, 0.3) is 0 Å². The van der Waals surface area contributed by atoms with Crippen LogP contribution in [0.15, 0.2) is 49.2 Å². The molecule has 0 radical (unpaired) electrons. The molecule has 41 heavy (non-hydrogen) atoms. The van der Waals surface area contributed by atoms with E-state index in [1.807, 2.05) is 24.4 Å². The summed E-state index contributed by atoms with van der Waals surface area (Å²) in [7, 11) is 2.14. The second-order valence-electron chi connectivity index (χ2n) is 11.1. The highest BCUT2D eigenvalue weighted by atomic mass is 16.5. The molecule has 0 aliphatic carbocycles. The molecule has 2 saturated heterocycles. The van der Waals surface area contributed by atoms with Crippen LogP contribution in [0, 0.1) is 11.3 Å². The number of para-hydroxylation sites is 1. The average Bonchev–Trinajstić information content (AvgIpc) is 3.43. The van der Waals surface area contributed by atoms with Crippen molar-refractivity contribution in [3.05, 3.63) is 60.4 Å². The van der Waals surface area contributed by atoms with Crippen LogP contribution in [0.4, 0.5) is 11.5 Å². The number of benzene rings is 1. The summed E-state index contributed by atoms with van der Waals surface area (Å²) in [6.07, 6.45) is 6.50. The number of pyridine rings is 1. The second-order valence-corrected chi connectivity index (χ2v) is 11.1. The molecule has 212 valence electrons. The summed E-state index contributed by atoms with van der Waals surface area (Å²) in [5.41, 5.74) is 4.18. The van der Waals surface area contributed by atoms with Crippen molar-refractivity contribution in [2.45, 2.75) is 44.3 Å². The fourth-order valence-electron chi connectivity index (χ4n) is 6.37. The van der Waals surface area contributed by atoms with Crippen molar-refractivity contribution in [3.8, 4) is 12.1 Å². The van der Waals surface area contributed by atoms with Gasteiger partial charge in [-0.25, -0.2) is 0 Å². The Bertz CT molecular complexity index is 1480. The lowest BCUT2D eigenvalue weighted by Crippen LogP contribution is -2.55. The van der Waals surface area contributed by atoms with Gasteiger partial charge in [-0.05, 0) is 51.1 Å². The van der Waals surface area contributed by atoms with Crippen LogP contribution in [0.25, 0.3) is 10.9 Å². The number of nitriles is 1. The maximum atomic E-state index is 12.5. The summed E-state index contributed by atoms with van der Waals surface area (Å²) in [5.74, 6) is 0.720. The van der Waals surface area contributed by atoms with Crippen LogP contribution < -0.4 is 14.5 Å². The third kappa shape index (κ3) is 5.42. The van der Waals surface area contributed by atoms with Gasteiger partial charge in [-0.2, -0.15) is 15.2 Å². The summed E-state index contributed by atoms with van der Waals surface area (Å²) in [4.78, 5) is 35.6. The largest absolute Gasteiger partial charge is 0.462 e. The molecule has 3 aromatic rings. The third-order valence-corrected chi connectivity index (χ3v) is 8.63. The first kappa shape index (κ1) is 27.0. The van der Waals surface area contributed by atoms with Crippen LogP contribution in [0.2, 0.25) is 0 Å². The Labute approximate surface area is 240 Å². The summed E-state index contributed by atoms with van der Waals surface area (Å²) in [5, 5.41) is 10.6. The van der Waals surface area contributed by atoms with Crippen molar-refractivity contribution in [2.24, 2.45) is 0 Å². The Morgan fingerprint density at radius 3 is 2.83 bits per heavy atom. The van der Waals surface area contributed by atoms with E-state index in [4.69, 9.17) is 14.7 Å². The predicted octanol–water partition coefficient (Wildman–Crippen LogP) is 3.18. The zero-order chi connectivity index (χ0) is 28.3. The molecular weight excluding hydrogens is 516 g/mol. The molecule has 0 spiro atoms. The maximum Gasteiger partial charge on any atom is 0.318 e. The molecule has 3 aliphatic heterocycles. The predicted molar refractivity (Wildman–Crippen MR) is 158 cm³/mol.